The standard InChI is InChI=1S/C24H32F2O/c1-3-17-5-7-18(8-6-17)9-10-19-11-13-20(14-12-19)21-15-16-22(27-4-2)24(26)23(21)25/h3,13,15-19H,1,4-12,14H2,2H3. The van der Waals surface area contributed by atoms with Gasteiger partial charge in [-0.15, -0.1) is 6.58 Å². The monoisotopic (exact) mass is 374 g/mol. The van der Waals surface area contributed by atoms with E-state index in [0.717, 1.165) is 36.7 Å². The minimum absolute atomic E-state index is 0.000730. The average molecular weight is 375 g/mol. The molecule has 1 fully saturated rings. The van der Waals surface area contributed by atoms with Crippen LogP contribution in [0.25, 0.3) is 5.57 Å². The van der Waals surface area contributed by atoms with E-state index in [-0.39, 0.29) is 5.75 Å². The molecule has 0 saturated heterocycles. The molecule has 1 saturated carbocycles. The lowest BCUT2D eigenvalue weighted by atomic mass is 9.77. The Morgan fingerprint density at radius 1 is 1.04 bits per heavy atom. The third-order valence-electron chi connectivity index (χ3n) is 6.42. The highest BCUT2D eigenvalue weighted by Crippen LogP contribution is 2.38. The summed E-state index contributed by atoms with van der Waals surface area (Å²) in [4.78, 5) is 0. The van der Waals surface area contributed by atoms with Crippen molar-refractivity contribution in [2.75, 3.05) is 6.61 Å². The predicted molar refractivity (Wildman–Crippen MR) is 108 cm³/mol. The first-order valence-corrected chi connectivity index (χ1v) is 10.5. The van der Waals surface area contributed by atoms with Crippen molar-refractivity contribution in [1.82, 2.24) is 0 Å². The Balaban J connectivity index is 1.53. The quantitative estimate of drug-likeness (QED) is 0.454. The Bertz CT molecular complexity index is 671. The Hall–Kier alpha value is -1.64. The number of hydrogen-bond donors (Lipinski definition) is 0. The highest BCUT2D eigenvalue weighted by molar-refractivity contribution is 5.67. The zero-order chi connectivity index (χ0) is 19.2. The van der Waals surface area contributed by atoms with Gasteiger partial charge in [-0.05, 0) is 93.7 Å². The van der Waals surface area contributed by atoms with E-state index < -0.39 is 11.6 Å². The van der Waals surface area contributed by atoms with Crippen LogP contribution in [0.2, 0.25) is 0 Å². The third kappa shape index (κ3) is 5.00. The van der Waals surface area contributed by atoms with E-state index in [0.29, 0.717) is 18.1 Å². The first-order valence-electron chi connectivity index (χ1n) is 10.5. The molecule has 0 aliphatic heterocycles. The van der Waals surface area contributed by atoms with Crippen LogP contribution in [0, 0.1) is 29.4 Å². The van der Waals surface area contributed by atoms with Crippen LogP contribution in [0.15, 0.2) is 30.9 Å². The van der Waals surface area contributed by atoms with Gasteiger partial charge in [-0.2, -0.15) is 4.39 Å². The van der Waals surface area contributed by atoms with Crippen LogP contribution in [0.5, 0.6) is 5.75 Å². The molecule has 2 aliphatic rings. The fraction of sp³-hybridized carbons (Fsp3) is 0.583. The zero-order valence-corrected chi connectivity index (χ0v) is 16.5. The number of halogens is 2. The molecule has 27 heavy (non-hydrogen) atoms. The van der Waals surface area contributed by atoms with Crippen LogP contribution in [-0.4, -0.2) is 6.61 Å². The van der Waals surface area contributed by atoms with E-state index in [9.17, 15) is 8.78 Å². The summed E-state index contributed by atoms with van der Waals surface area (Å²) in [5.41, 5.74) is 1.34. The van der Waals surface area contributed by atoms with Gasteiger partial charge in [0, 0.05) is 5.56 Å². The van der Waals surface area contributed by atoms with Gasteiger partial charge in [0.25, 0.3) is 0 Å². The molecule has 0 N–H and O–H groups in total. The van der Waals surface area contributed by atoms with Gasteiger partial charge in [0.15, 0.2) is 11.6 Å². The summed E-state index contributed by atoms with van der Waals surface area (Å²) in [7, 11) is 0. The Kier molecular flexibility index (Phi) is 7.09. The average Bonchev–Trinajstić information content (AvgIpc) is 2.71. The summed E-state index contributed by atoms with van der Waals surface area (Å²) in [6.45, 7) is 6.02. The number of rotatable bonds is 7. The Morgan fingerprint density at radius 3 is 2.41 bits per heavy atom. The number of allylic oxidation sites excluding steroid dienone is 3. The van der Waals surface area contributed by atoms with Crippen molar-refractivity contribution < 1.29 is 13.5 Å². The second kappa shape index (κ2) is 9.52. The minimum atomic E-state index is -0.868. The maximum Gasteiger partial charge on any atom is 0.201 e. The molecule has 3 rings (SSSR count). The van der Waals surface area contributed by atoms with Crippen molar-refractivity contribution in [2.45, 2.75) is 64.7 Å². The third-order valence-corrected chi connectivity index (χ3v) is 6.42. The summed E-state index contributed by atoms with van der Waals surface area (Å²) in [5.74, 6) is 0.632. The van der Waals surface area contributed by atoms with Crippen LogP contribution < -0.4 is 4.74 Å². The first-order chi connectivity index (χ1) is 13.1. The van der Waals surface area contributed by atoms with E-state index >= 15 is 0 Å². The molecule has 0 spiro atoms. The Morgan fingerprint density at radius 2 is 1.78 bits per heavy atom. The maximum absolute atomic E-state index is 14.4. The molecule has 0 heterocycles. The van der Waals surface area contributed by atoms with Gasteiger partial charge in [-0.3, -0.25) is 0 Å². The molecule has 2 aliphatic carbocycles. The fourth-order valence-electron chi connectivity index (χ4n) is 4.63. The van der Waals surface area contributed by atoms with E-state index in [1.54, 1.807) is 19.1 Å². The van der Waals surface area contributed by atoms with E-state index in [1.807, 2.05) is 0 Å². The van der Waals surface area contributed by atoms with Gasteiger partial charge in [0.2, 0.25) is 5.82 Å². The molecule has 0 aromatic heterocycles. The number of hydrogen-bond acceptors (Lipinski definition) is 1. The van der Waals surface area contributed by atoms with Gasteiger partial charge in [0.05, 0.1) is 6.61 Å². The van der Waals surface area contributed by atoms with Gasteiger partial charge < -0.3 is 4.74 Å². The largest absolute Gasteiger partial charge is 0.491 e. The van der Waals surface area contributed by atoms with E-state index in [1.165, 1.54) is 38.5 Å². The molecule has 0 bridgehead atoms. The lowest BCUT2D eigenvalue weighted by molar-refractivity contribution is 0.271. The molecule has 1 atom stereocenters. The van der Waals surface area contributed by atoms with Gasteiger partial charge >= 0.3 is 0 Å². The molecule has 1 unspecified atom stereocenters. The van der Waals surface area contributed by atoms with Crippen molar-refractivity contribution >= 4 is 5.57 Å². The van der Waals surface area contributed by atoms with Crippen LogP contribution in [-0.2, 0) is 0 Å². The smallest absolute Gasteiger partial charge is 0.201 e. The van der Waals surface area contributed by atoms with Crippen molar-refractivity contribution in [3.8, 4) is 5.75 Å². The maximum atomic E-state index is 14.4. The van der Waals surface area contributed by atoms with Crippen molar-refractivity contribution in [3.63, 3.8) is 0 Å². The first kappa shape index (κ1) is 20.1. The fourth-order valence-corrected chi connectivity index (χ4v) is 4.63. The van der Waals surface area contributed by atoms with Gasteiger partial charge in [0.1, 0.15) is 0 Å². The molecule has 1 nitrogen and oxygen atoms in total. The van der Waals surface area contributed by atoms with Crippen molar-refractivity contribution in [2.24, 2.45) is 17.8 Å². The highest BCUT2D eigenvalue weighted by atomic mass is 19.2. The summed E-state index contributed by atoms with van der Waals surface area (Å²) in [6, 6.07) is 3.21. The number of ether oxygens (including phenoxy) is 1. The van der Waals surface area contributed by atoms with Crippen LogP contribution in [0.3, 0.4) is 0 Å². The molecule has 3 heteroatoms. The van der Waals surface area contributed by atoms with E-state index in [4.69, 9.17) is 4.74 Å². The topological polar surface area (TPSA) is 9.23 Å². The minimum Gasteiger partial charge on any atom is -0.491 e. The van der Waals surface area contributed by atoms with Crippen molar-refractivity contribution in [1.29, 1.82) is 0 Å². The predicted octanol–water partition coefficient (Wildman–Crippen LogP) is 7.32. The van der Waals surface area contributed by atoms with Gasteiger partial charge in [-0.1, -0.05) is 18.6 Å². The number of benzene rings is 1. The lowest BCUT2D eigenvalue weighted by Crippen LogP contribution is -2.15. The molecular formula is C24H32F2O. The normalized spacial score (nSPS) is 25.7. The van der Waals surface area contributed by atoms with E-state index in [2.05, 4.69) is 18.7 Å². The SMILES string of the molecule is C=CC1CCC(CCC2CC=C(c3ccc(OCC)c(F)c3F)CC2)CC1. The lowest BCUT2D eigenvalue weighted by Gasteiger charge is -2.29. The zero-order valence-electron chi connectivity index (χ0n) is 16.5. The molecule has 148 valence electrons. The molecule has 1 aromatic rings. The molecular weight excluding hydrogens is 342 g/mol. The molecule has 1 aromatic carbocycles. The second-order valence-corrected chi connectivity index (χ2v) is 8.14. The summed E-state index contributed by atoms with van der Waals surface area (Å²) >= 11 is 0. The van der Waals surface area contributed by atoms with Crippen LogP contribution in [0.1, 0.15) is 70.3 Å². The molecule has 0 radical (unpaired) electrons. The van der Waals surface area contributed by atoms with Gasteiger partial charge in [-0.25, -0.2) is 4.39 Å². The summed E-state index contributed by atoms with van der Waals surface area (Å²) in [5, 5.41) is 0. The summed E-state index contributed by atoms with van der Waals surface area (Å²) in [6.07, 6.45) is 15.0. The van der Waals surface area contributed by atoms with Crippen LogP contribution >= 0.6 is 0 Å². The highest BCUT2D eigenvalue weighted by Gasteiger charge is 2.23. The summed E-state index contributed by atoms with van der Waals surface area (Å²) < 4.78 is 33.7. The second-order valence-electron chi connectivity index (χ2n) is 8.14. The van der Waals surface area contributed by atoms with Crippen molar-refractivity contribution in [3.05, 3.63) is 48.1 Å². The molecule has 0 amide bonds. The Labute approximate surface area is 162 Å². The van der Waals surface area contributed by atoms with Crippen LogP contribution in [0.4, 0.5) is 8.78 Å².